The summed E-state index contributed by atoms with van der Waals surface area (Å²) < 4.78 is 78.1. The van der Waals surface area contributed by atoms with Crippen LogP contribution < -0.4 is 25.0 Å². The van der Waals surface area contributed by atoms with Gasteiger partial charge in [0, 0.05) is 38.6 Å². The number of hydrogen-bond acceptors (Lipinski definition) is 15. The molecule has 0 saturated carbocycles. The molecular weight excluding hydrogens is 1200 g/mol. The standard InChI is InChI=1S/2C27H24ClN3O6S.Ba/c2*1-3-16-13-23(24(15-22(16)28)38(34,35)36)30-31-25-20-11-6-5-8-17(20)12-21(26(25)32)27(33)29-18-9-7-10-19(14-18)37-4-2;/h2*5-15,32H,3-4H2,1-2H3,(H,29,33)(H,34,35,36);/q;;+2/p-2. The second kappa shape index (κ2) is 26.3. The van der Waals surface area contributed by atoms with Crippen molar-refractivity contribution in [3.05, 3.63) is 166 Å². The van der Waals surface area contributed by atoms with Gasteiger partial charge < -0.3 is 30.1 Å². The Hall–Kier alpha value is -6.41. The second-order valence-corrected chi connectivity index (χ2v) is 19.9. The molecule has 0 aliphatic heterocycles. The summed E-state index contributed by atoms with van der Waals surface area (Å²) in [5.41, 5.74) is 1.02. The molecule has 0 aliphatic carbocycles. The molecule has 0 aromatic heterocycles. The number of nitrogens with one attached hydrogen (secondary N) is 1. The number of benzene rings is 8. The normalized spacial score (nSPS) is 11.9. The van der Waals surface area contributed by atoms with Crippen molar-refractivity contribution < 1.29 is 55.5 Å². The van der Waals surface area contributed by atoms with Crippen LogP contribution in [0.15, 0.2) is 169 Å². The molecule has 0 fully saturated rings. The van der Waals surface area contributed by atoms with Gasteiger partial charge in [0.15, 0.2) is 5.75 Å². The molecule has 4 N–H and O–H groups in total. The number of ether oxygens (including phenoxy) is 2. The number of aromatic hydroxyl groups is 1. The van der Waals surface area contributed by atoms with Crippen molar-refractivity contribution >= 4 is 160 Å². The minimum absolute atomic E-state index is 0. The number of phenols is 1. The Labute approximate surface area is 493 Å². The van der Waals surface area contributed by atoms with Crippen LogP contribution in [-0.4, -0.2) is 105 Å². The van der Waals surface area contributed by atoms with Crippen LogP contribution in [0.1, 0.15) is 54.7 Å². The maximum Gasteiger partial charge on any atom is 2.00 e. The van der Waals surface area contributed by atoms with Gasteiger partial charge in [0.25, 0.3) is 26.1 Å². The smallest absolute Gasteiger partial charge is 0.871 e. The third-order valence-electron chi connectivity index (χ3n) is 11.3. The van der Waals surface area contributed by atoms with Gasteiger partial charge in [-0.2, -0.15) is 21.9 Å². The van der Waals surface area contributed by atoms with E-state index in [0.717, 1.165) is 12.1 Å². The van der Waals surface area contributed by atoms with Gasteiger partial charge in [-0.05, 0) is 121 Å². The first-order valence-electron chi connectivity index (χ1n) is 23.2. The van der Waals surface area contributed by atoms with Gasteiger partial charge in [0.1, 0.15) is 38.4 Å². The van der Waals surface area contributed by atoms with Gasteiger partial charge in [0.2, 0.25) is 0 Å². The summed E-state index contributed by atoms with van der Waals surface area (Å²) in [6.45, 7) is 8.20. The Kier molecular flexibility index (Phi) is 20.4. The van der Waals surface area contributed by atoms with E-state index in [1.807, 2.05) is 20.8 Å². The Morgan fingerprint density at radius 1 is 0.610 bits per heavy atom. The quantitative estimate of drug-likeness (QED) is 0.0231. The topological polar surface area (TPSA) is 284 Å². The number of carbonyl (C=O) groups excluding carboxylic acids is 1. The second-order valence-electron chi connectivity index (χ2n) is 16.3. The fourth-order valence-electron chi connectivity index (χ4n) is 7.67. The van der Waals surface area contributed by atoms with Gasteiger partial charge in [-0.15, -0.1) is 15.3 Å². The number of aliphatic imine (C=N–C) groups is 1. The number of phenolic OH excluding ortho intramolecular Hbond substituents is 1. The van der Waals surface area contributed by atoms with Gasteiger partial charge in [-0.3, -0.25) is 18.9 Å². The molecule has 77 heavy (non-hydrogen) atoms. The molecule has 0 spiro atoms. The van der Waals surface area contributed by atoms with Crippen LogP contribution in [-0.2, 0) is 33.1 Å². The molecule has 8 aromatic rings. The number of anilines is 1. The third-order valence-corrected chi connectivity index (χ3v) is 13.8. The number of nitrogens with zero attached hydrogens (tertiary/aromatic N) is 5. The SMILES string of the molecule is CCOc1cccc(N=C([O-])c2cc3ccccc3c(N=Nc3cc(CC)c(Cl)cc3S(=O)(=O)O)c2[O-])c1.CCOc1cccc(NC(=O)c2cc3ccccc3c(N=Nc3cc(CC)c(Cl)cc3S(=O)(=O)O)c2O)c1.[Ba+2]. The Balaban J connectivity index is 0.000000246. The van der Waals surface area contributed by atoms with Crippen molar-refractivity contribution in [2.75, 3.05) is 18.5 Å². The van der Waals surface area contributed by atoms with E-state index < -0.39 is 53.3 Å². The van der Waals surface area contributed by atoms with E-state index in [9.17, 15) is 46.1 Å². The van der Waals surface area contributed by atoms with Crippen LogP contribution in [0.4, 0.5) is 34.1 Å². The van der Waals surface area contributed by atoms with Crippen LogP contribution in [0.2, 0.25) is 10.0 Å². The van der Waals surface area contributed by atoms with E-state index >= 15 is 0 Å². The predicted octanol–water partition coefficient (Wildman–Crippen LogP) is 12.3. The van der Waals surface area contributed by atoms with Crippen molar-refractivity contribution in [3.8, 4) is 23.0 Å². The molecule has 23 heteroatoms. The number of hydrogen-bond donors (Lipinski definition) is 4. The molecule has 0 saturated heterocycles. The summed E-state index contributed by atoms with van der Waals surface area (Å²) >= 11 is 12.3. The summed E-state index contributed by atoms with van der Waals surface area (Å²) in [6.07, 6.45) is 0.931. The summed E-state index contributed by atoms with van der Waals surface area (Å²) in [5, 5.41) is 58.8. The molecular formula is C54H46BaCl2N6O12S2. The predicted molar refractivity (Wildman–Crippen MR) is 294 cm³/mol. The van der Waals surface area contributed by atoms with Crippen LogP contribution >= 0.6 is 23.2 Å². The number of halogens is 2. The summed E-state index contributed by atoms with van der Waals surface area (Å²) in [4.78, 5) is 16.1. The van der Waals surface area contributed by atoms with Crippen molar-refractivity contribution in [3.63, 3.8) is 0 Å². The summed E-state index contributed by atoms with van der Waals surface area (Å²) in [6, 6.07) is 35.0. The molecule has 0 bridgehead atoms. The van der Waals surface area contributed by atoms with Gasteiger partial charge in [-0.1, -0.05) is 103 Å². The van der Waals surface area contributed by atoms with E-state index in [1.165, 1.54) is 24.3 Å². The van der Waals surface area contributed by atoms with Crippen LogP contribution in [0.3, 0.4) is 0 Å². The molecule has 0 atom stereocenters. The molecule has 0 aliphatic rings. The number of fused-ring (bicyclic) bond motifs is 2. The third kappa shape index (κ3) is 14.6. The molecule has 0 radical (unpaired) electrons. The molecule has 8 aromatic carbocycles. The van der Waals surface area contributed by atoms with E-state index in [-0.39, 0.29) is 92.8 Å². The average Bonchev–Trinajstić information content (AvgIpc) is 3.38. The maximum atomic E-state index is 13.4. The zero-order valence-electron chi connectivity index (χ0n) is 41.6. The number of rotatable bonds is 16. The van der Waals surface area contributed by atoms with E-state index in [0.29, 0.717) is 81.6 Å². The fraction of sp³-hybridized carbons (Fsp3) is 0.148. The van der Waals surface area contributed by atoms with Crippen LogP contribution in [0.25, 0.3) is 21.5 Å². The fourth-order valence-corrected chi connectivity index (χ4v) is 9.65. The minimum atomic E-state index is -4.70. The Morgan fingerprint density at radius 2 is 1.09 bits per heavy atom. The Bertz CT molecular complexity index is 3860. The number of amides is 1. The molecule has 0 unspecified atom stereocenters. The maximum absolute atomic E-state index is 13.4. The first-order chi connectivity index (χ1) is 36.2. The molecule has 0 heterocycles. The van der Waals surface area contributed by atoms with Crippen molar-refractivity contribution in [2.24, 2.45) is 25.4 Å². The van der Waals surface area contributed by atoms with Crippen molar-refractivity contribution in [2.45, 2.75) is 50.3 Å². The van der Waals surface area contributed by atoms with Crippen LogP contribution in [0, 0.1) is 0 Å². The van der Waals surface area contributed by atoms with E-state index in [4.69, 9.17) is 32.7 Å². The van der Waals surface area contributed by atoms with Crippen LogP contribution in [0.5, 0.6) is 23.0 Å². The minimum Gasteiger partial charge on any atom is -0.871 e. The van der Waals surface area contributed by atoms with Crippen molar-refractivity contribution in [1.82, 2.24) is 0 Å². The average molecular weight is 1240 g/mol. The van der Waals surface area contributed by atoms with Gasteiger partial charge in [-0.25, -0.2) is 0 Å². The monoisotopic (exact) mass is 1240 g/mol. The van der Waals surface area contributed by atoms with E-state index in [2.05, 4.69) is 30.8 Å². The molecule has 392 valence electrons. The van der Waals surface area contributed by atoms with E-state index in [1.54, 1.807) is 104 Å². The zero-order chi connectivity index (χ0) is 54.9. The first kappa shape index (κ1) is 59.8. The van der Waals surface area contributed by atoms with Gasteiger partial charge in [0.05, 0.1) is 30.2 Å². The largest absolute Gasteiger partial charge is 2.00 e. The molecule has 18 nitrogen and oxygen atoms in total. The molecule has 8 rings (SSSR count). The summed E-state index contributed by atoms with van der Waals surface area (Å²) in [5.74, 6) is -1.47. The number of aryl methyl sites for hydroxylation is 2. The van der Waals surface area contributed by atoms with Crippen molar-refractivity contribution in [1.29, 1.82) is 0 Å². The zero-order valence-corrected chi connectivity index (χ0v) is 49.1. The first-order valence-corrected chi connectivity index (χ1v) is 26.8. The van der Waals surface area contributed by atoms with Gasteiger partial charge >= 0.3 is 48.9 Å². The number of azo groups is 2. The number of carbonyl (C=O) groups is 1. The molecule has 1 amide bonds. The Morgan fingerprint density at radius 3 is 1.61 bits per heavy atom. The summed E-state index contributed by atoms with van der Waals surface area (Å²) in [7, 11) is -9.37.